The molecule has 0 N–H and O–H groups in total. The molecule has 4 fully saturated rings. The summed E-state index contributed by atoms with van der Waals surface area (Å²) in [5.41, 5.74) is 1.89. The van der Waals surface area contributed by atoms with Crippen molar-refractivity contribution in [1.29, 1.82) is 0 Å². The van der Waals surface area contributed by atoms with Crippen molar-refractivity contribution in [2.75, 3.05) is 39.3 Å². The molecule has 0 aromatic heterocycles. The number of ketones is 2. The van der Waals surface area contributed by atoms with Crippen LogP contribution in [0.3, 0.4) is 0 Å². The average Bonchev–Trinajstić information content (AvgIpc) is 3.24. The molecule has 6 heteroatoms. The molecule has 22 heavy (non-hydrogen) atoms. The van der Waals surface area contributed by atoms with Gasteiger partial charge in [0.1, 0.15) is 11.4 Å². The number of carbonyl (C=O) groups excluding carboxylic acids is 2. The average molecular weight is 321 g/mol. The Bertz CT molecular complexity index is 550. The quantitative estimate of drug-likeness (QED) is 0.437. The van der Waals surface area contributed by atoms with Gasteiger partial charge in [0.2, 0.25) is 11.6 Å². The maximum atomic E-state index is 12.4. The molecule has 3 saturated heterocycles. The smallest absolute Gasteiger partial charge is 0.227 e. The van der Waals surface area contributed by atoms with Gasteiger partial charge in [-0.2, -0.15) is 9.90 Å². The van der Waals surface area contributed by atoms with Gasteiger partial charge in [0, 0.05) is 45.3 Å². The molecule has 2 aliphatic carbocycles. The zero-order chi connectivity index (χ0) is 14.4. The molecule has 3 heterocycles. The van der Waals surface area contributed by atoms with Gasteiger partial charge in [-0.05, 0) is 0 Å². The largest absolute Gasteiger partial charge is 0.365 e. The van der Waals surface area contributed by atoms with Crippen LogP contribution < -0.4 is 0 Å². The lowest BCUT2D eigenvalue weighted by Crippen LogP contribution is -2.29. The molecule has 120 valence electrons. The van der Waals surface area contributed by atoms with Crippen LogP contribution in [-0.2, 0) is 9.59 Å². The molecule has 0 spiro atoms. The van der Waals surface area contributed by atoms with Crippen molar-refractivity contribution < 1.29 is 9.59 Å². The molecule has 0 bridgehead atoms. The summed E-state index contributed by atoms with van der Waals surface area (Å²) in [6.45, 7) is 5.41. The minimum Gasteiger partial charge on any atom is -0.365 e. The van der Waals surface area contributed by atoms with E-state index in [4.69, 9.17) is 0 Å². The zero-order valence-electron chi connectivity index (χ0n) is 13.0. The minimum atomic E-state index is 0. The summed E-state index contributed by atoms with van der Waals surface area (Å²) in [7, 11) is 0. The van der Waals surface area contributed by atoms with E-state index in [0.717, 1.165) is 39.3 Å². The van der Waals surface area contributed by atoms with Gasteiger partial charge in [0.25, 0.3) is 0 Å². The van der Waals surface area contributed by atoms with E-state index < -0.39 is 0 Å². The lowest BCUT2D eigenvalue weighted by atomic mass is 10.0. The van der Waals surface area contributed by atoms with Crippen molar-refractivity contribution in [2.45, 2.75) is 25.7 Å². The van der Waals surface area contributed by atoms with E-state index in [1.54, 1.807) is 0 Å². The topological polar surface area (TPSA) is 43.2 Å². The van der Waals surface area contributed by atoms with Gasteiger partial charge >= 0.3 is 0 Å². The summed E-state index contributed by atoms with van der Waals surface area (Å²) in [5, 5.41) is 0. The van der Waals surface area contributed by atoms with E-state index in [-0.39, 0.29) is 21.5 Å². The Kier molecular flexibility index (Phi) is 4.26. The zero-order valence-corrected chi connectivity index (χ0v) is 14.4. The molecule has 3 aliphatic heterocycles. The van der Waals surface area contributed by atoms with Gasteiger partial charge in [0.15, 0.2) is 0 Å². The molecule has 0 aromatic carbocycles. The summed E-state index contributed by atoms with van der Waals surface area (Å²) in [6.07, 6.45) is 7.52. The number of carbonyl (C=O) groups is 2. The highest BCUT2D eigenvalue weighted by atomic mass is 31.0. The molecule has 0 aromatic rings. The predicted molar refractivity (Wildman–Crippen MR) is 89.4 cm³/mol. The van der Waals surface area contributed by atoms with Crippen molar-refractivity contribution in [3.05, 3.63) is 23.2 Å². The summed E-state index contributed by atoms with van der Waals surface area (Å²) in [4.78, 5) is 30.5. The fourth-order valence-electron chi connectivity index (χ4n) is 2.53. The Morgan fingerprint density at radius 3 is 1.55 bits per heavy atom. The summed E-state index contributed by atoms with van der Waals surface area (Å²) < 4.78 is 0. The van der Waals surface area contributed by atoms with E-state index in [9.17, 15) is 9.59 Å². The Labute approximate surface area is 134 Å². The molecule has 0 radical (unpaired) electrons. The van der Waals surface area contributed by atoms with Crippen LogP contribution in [0.15, 0.2) is 23.2 Å². The van der Waals surface area contributed by atoms with E-state index in [1.165, 1.54) is 31.8 Å². The monoisotopic (exact) mass is 321 g/mol. The van der Waals surface area contributed by atoms with Crippen molar-refractivity contribution in [2.24, 2.45) is 0 Å². The number of Topliss-reactive ketones (excluding diaryl/α,β-unsaturated/α-hetero) is 1. The third-order valence-electron chi connectivity index (χ3n) is 4.49. The fourth-order valence-corrected chi connectivity index (χ4v) is 2.53. The highest BCUT2D eigenvalue weighted by Crippen LogP contribution is 2.33. The number of allylic oxidation sites excluding steroid dienone is 1. The molecule has 1 atom stereocenters. The molecule has 5 nitrogen and oxygen atoms in total. The first-order chi connectivity index (χ1) is 10.3. The molecule has 1 saturated carbocycles. The Balaban J connectivity index is 0.000000253. The standard InChI is InChI=1S/C12H13N3O2.C4H8.H3P/c16-9-7-8(13-1-2-13)12(17)11(15-5-6-15)10(9)14-3-4-14;1-2-4-3-1;/h7H,1-6H2;1-4H2;1H3. The number of nitrogens with zero attached hydrogens (tertiary/aromatic N) is 3. The molecule has 1 unspecified atom stereocenters. The third-order valence-corrected chi connectivity index (χ3v) is 4.49. The fraction of sp³-hybridized carbons (Fsp3) is 0.625. The SMILES string of the molecule is C1CCC1.O=C1C=C(N2CC2)C(=O)C(N2CC2)=C1N1CC1.P. The van der Waals surface area contributed by atoms with Crippen LogP contribution in [0.2, 0.25) is 0 Å². The van der Waals surface area contributed by atoms with Crippen LogP contribution in [0.25, 0.3) is 0 Å². The Morgan fingerprint density at radius 1 is 0.682 bits per heavy atom. The van der Waals surface area contributed by atoms with Crippen LogP contribution in [-0.4, -0.2) is 65.5 Å². The maximum Gasteiger partial charge on any atom is 0.227 e. The van der Waals surface area contributed by atoms with Gasteiger partial charge in [-0.1, -0.05) is 25.7 Å². The first-order valence-electron chi connectivity index (χ1n) is 8.05. The number of rotatable bonds is 3. The number of hydrogen-bond donors (Lipinski definition) is 0. The highest BCUT2D eigenvalue weighted by molar-refractivity contribution is 6.92. The second kappa shape index (κ2) is 6.04. The van der Waals surface area contributed by atoms with Crippen LogP contribution in [0.1, 0.15) is 25.7 Å². The maximum absolute atomic E-state index is 12.4. The predicted octanol–water partition coefficient (Wildman–Crippen LogP) is 0.799. The van der Waals surface area contributed by atoms with Crippen LogP contribution >= 0.6 is 9.90 Å². The normalized spacial score (nSPS) is 24.9. The van der Waals surface area contributed by atoms with Crippen LogP contribution in [0, 0.1) is 0 Å². The van der Waals surface area contributed by atoms with Gasteiger partial charge < -0.3 is 14.7 Å². The van der Waals surface area contributed by atoms with Gasteiger partial charge in [0.05, 0.1) is 5.70 Å². The van der Waals surface area contributed by atoms with Crippen molar-refractivity contribution in [1.82, 2.24) is 14.7 Å². The molecule has 5 aliphatic rings. The van der Waals surface area contributed by atoms with E-state index >= 15 is 0 Å². The first-order valence-corrected chi connectivity index (χ1v) is 8.05. The lowest BCUT2D eigenvalue weighted by Gasteiger charge is -2.21. The Hall–Kier alpha value is -1.35. The summed E-state index contributed by atoms with van der Waals surface area (Å²) in [6, 6.07) is 0. The van der Waals surface area contributed by atoms with E-state index in [0.29, 0.717) is 17.1 Å². The highest BCUT2D eigenvalue weighted by Gasteiger charge is 2.43. The summed E-state index contributed by atoms with van der Waals surface area (Å²) >= 11 is 0. The first kappa shape index (κ1) is 15.5. The van der Waals surface area contributed by atoms with Gasteiger partial charge in [-0.3, -0.25) is 9.59 Å². The minimum absolute atomic E-state index is 0. The second-order valence-electron chi connectivity index (χ2n) is 6.30. The molecule has 5 rings (SSSR count). The van der Waals surface area contributed by atoms with Crippen molar-refractivity contribution in [3.63, 3.8) is 0 Å². The van der Waals surface area contributed by atoms with Crippen molar-refractivity contribution in [3.8, 4) is 0 Å². The third kappa shape index (κ3) is 3.05. The van der Waals surface area contributed by atoms with Crippen LogP contribution in [0.4, 0.5) is 0 Å². The second-order valence-corrected chi connectivity index (χ2v) is 6.30. The van der Waals surface area contributed by atoms with Gasteiger partial charge in [-0.15, -0.1) is 0 Å². The van der Waals surface area contributed by atoms with Crippen LogP contribution in [0.5, 0.6) is 0 Å². The van der Waals surface area contributed by atoms with E-state index in [1.807, 2.05) is 14.7 Å². The molecular formula is C16H24N3O2P. The molecule has 0 amide bonds. The number of hydrogen-bond acceptors (Lipinski definition) is 5. The van der Waals surface area contributed by atoms with Gasteiger partial charge in [-0.25, -0.2) is 0 Å². The van der Waals surface area contributed by atoms with Crippen molar-refractivity contribution >= 4 is 21.5 Å². The molecular weight excluding hydrogens is 297 g/mol. The Morgan fingerprint density at radius 2 is 1.14 bits per heavy atom. The van der Waals surface area contributed by atoms with E-state index in [2.05, 4.69) is 0 Å². The summed E-state index contributed by atoms with van der Waals surface area (Å²) in [5.74, 6) is 0.0485. The lowest BCUT2D eigenvalue weighted by molar-refractivity contribution is -0.117.